The molecule has 0 bridgehead atoms. The standard InChI is InChI=1S/C16H18ClFN4O/c17-14-7-6-11(8-19-14)9-20-15-13(18)10-21-16(22-15)23-12-4-2-1-3-5-12/h6-8,10,12H,1-5,9H2,(H,20,21,22). The summed E-state index contributed by atoms with van der Waals surface area (Å²) in [6.07, 6.45) is 8.44. The van der Waals surface area contributed by atoms with E-state index >= 15 is 0 Å². The Kier molecular flexibility index (Phi) is 5.23. The van der Waals surface area contributed by atoms with Crippen molar-refractivity contribution in [2.75, 3.05) is 5.32 Å². The van der Waals surface area contributed by atoms with Gasteiger partial charge in [-0.15, -0.1) is 0 Å². The van der Waals surface area contributed by atoms with E-state index < -0.39 is 5.82 Å². The van der Waals surface area contributed by atoms with Gasteiger partial charge in [-0.3, -0.25) is 0 Å². The van der Waals surface area contributed by atoms with E-state index in [1.54, 1.807) is 12.3 Å². The zero-order valence-corrected chi connectivity index (χ0v) is 13.4. The number of nitrogens with one attached hydrogen (secondary N) is 1. The van der Waals surface area contributed by atoms with Gasteiger partial charge in [0.2, 0.25) is 0 Å². The molecule has 0 aliphatic heterocycles. The van der Waals surface area contributed by atoms with Gasteiger partial charge in [0.05, 0.1) is 6.20 Å². The number of pyridine rings is 1. The molecule has 122 valence electrons. The summed E-state index contributed by atoms with van der Waals surface area (Å²) < 4.78 is 19.6. The number of hydrogen-bond donors (Lipinski definition) is 1. The van der Waals surface area contributed by atoms with Crippen LogP contribution in [0.4, 0.5) is 10.2 Å². The lowest BCUT2D eigenvalue weighted by atomic mass is 9.98. The predicted molar refractivity (Wildman–Crippen MR) is 86.1 cm³/mol. The molecule has 0 aromatic carbocycles. The average molecular weight is 337 g/mol. The third-order valence-corrected chi connectivity index (χ3v) is 4.02. The van der Waals surface area contributed by atoms with Crippen molar-refractivity contribution >= 4 is 17.4 Å². The maximum Gasteiger partial charge on any atom is 0.318 e. The van der Waals surface area contributed by atoms with Gasteiger partial charge in [-0.05, 0) is 37.3 Å². The van der Waals surface area contributed by atoms with E-state index in [1.807, 2.05) is 6.07 Å². The summed E-state index contributed by atoms with van der Waals surface area (Å²) in [7, 11) is 0. The second kappa shape index (κ2) is 7.55. The van der Waals surface area contributed by atoms with Crippen molar-refractivity contribution in [3.63, 3.8) is 0 Å². The fourth-order valence-electron chi connectivity index (χ4n) is 2.56. The number of hydrogen-bond acceptors (Lipinski definition) is 5. The summed E-state index contributed by atoms with van der Waals surface area (Å²) in [5, 5.41) is 3.36. The van der Waals surface area contributed by atoms with E-state index in [9.17, 15) is 4.39 Å². The molecule has 1 aliphatic carbocycles. The summed E-state index contributed by atoms with van der Waals surface area (Å²) in [5.41, 5.74) is 0.877. The summed E-state index contributed by atoms with van der Waals surface area (Å²) in [6, 6.07) is 3.72. The molecule has 1 aliphatic rings. The fraction of sp³-hybridized carbons (Fsp3) is 0.438. The monoisotopic (exact) mass is 336 g/mol. The molecule has 2 aromatic heterocycles. The van der Waals surface area contributed by atoms with Crippen molar-refractivity contribution in [3.8, 4) is 6.01 Å². The first-order valence-corrected chi connectivity index (χ1v) is 8.12. The third-order valence-electron chi connectivity index (χ3n) is 3.79. The van der Waals surface area contributed by atoms with Gasteiger partial charge in [0, 0.05) is 12.7 Å². The van der Waals surface area contributed by atoms with Crippen molar-refractivity contribution in [1.82, 2.24) is 15.0 Å². The number of halogens is 2. The van der Waals surface area contributed by atoms with Crippen LogP contribution in [-0.2, 0) is 6.54 Å². The second-order valence-electron chi connectivity index (χ2n) is 5.57. The van der Waals surface area contributed by atoms with Gasteiger partial charge in [-0.1, -0.05) is 24.1 Å². The van der Waals surface area contributed by atoms with Crippen LogP contribution in [0.1, 0.15) is 37.7 Å². The first-order chi connectivity index (χ1) is 11.2. The summed E-state index contributed by atoms with van der Waals surface area (Å²) in [4.78, 5) is 12.0. The summed E-state index contributed by atoms with van der Waals surface area (Å²) in [5.74, 6) is -0.385. The molecule has 0 spiro atoms. The van der Waals surface area contributed by atoms with Crippen molar-refractivity contribution in [1.29, 1.82) is 0 Å². The van der Waals surface area contributed by atoms with Crippen LogP contribution in [0.5, 0.6) is 6.01 Å². The van der Waals surface area contributed by atoms with Crippen LogP contribution in [0.3, 0.4) is 0 Å². The maximum absolute atomic E-state index is 13.8. The van der Waals surface area contributed by atoms with Crippen molar-refractivity contribution in [2.24, 2.45) is 0 Å². The molecule has 1 saturated carbocycles. The van der Waals surface area contributed by atoms with Crippen LogP contribution in [0.15, 0.2) is 24.5 Å². The predicted octanol–water partition coefficient (Wildman–Crippen LogP) is 3.99. The molecule has 0 amide bonds. The second-order valence-corrected chi connectivity index (χ2v) is 5.96. The Morgan fingerprint density at radius 1 is 1.17 bits per heavy atom. The minimum absolute atomic E-state index is 0.126. The Morgan fingerprint density at radius 2 is 2.00 bits per heavy atom. The Balaban J connectivity index is 1.63. The van der Waals surface area contributed by atoms with Crippen LogP contribution in [0, 0.1) is 5.82 Å². The third kappa shape index (κ3) is 4.51. The number of anilines is 1. The van der Waals surface area contributed by atoms with E-state index in [1.165, 1.54) is 6.42 Å². The molecule has 23 heavy (non-hydrogen) atoms. The molecule has 0 radical (unpaired) electrons. The minimum Gasteiger partial charge on any atom is -0.460 e. The van der Waals surface area contributed by atoms with E-state index in [2.05, 4.69) is 20.3 Å². The van der Waals surface area contributed by atoms with E-state index in [0.717, 1.165) is 37.4 Å². The van der Waals surface area contributed by atoms with Crippen LogP contribution in [-0.4, -0.2) is 21.1 Å². The first kappa shape index (κ1) is 15.9. The quantitative estimate of drug-likeness (QED) is 0.837. The Bertz CT molecular complexity index is 647. The van der Waals surface area contributed by atoms with Gasteiger partial charge in [-0.2, -0.15) is 4.98 Å². The molecule has 0 unspecified atom stereocenters. The Hall–Kier alpha value is -1.95. The number of ether oxygens (including phenoxy) is 1. The molecule has 1 N–H and O–H groups in total. The lowest BCUT2D eigenvalue weighted by Gasteiger charge is -2.21. The maximum atomic E-state index is 13.8. The topological polar surface area (TPSA) is 59.9 Å². The lowest BCUT2D eigenvalue weighted by Crippen LogP contribution is -2.21. The molecule has 7 heteroatoms. The molecule has 1 fully saturated rings. The van der Waals surface area contributed by atoms with Gasteiger partial charge >= 0.3 is 6.01 Å². The largest absolute Gasteiger partial charge is 0.460 e. The molecule has 2 heterocycles. The van der Waals surface area contributed by atoms with Gasteiger partial charge in [0.15, 0.2) is 11.6 Å². The van der Waals surface area contributed by atoms with E-state index in [4.69, 9.17) is 16.3 Å². The highest BCUT2D eigenvalue weighted by atomic mass is 35.5. The fourth-order valence-corrected chi connectivity index (χ4v) is 2.67. The van der Waals surface area contributed by atoms with E-state index in [-0.39, 0.29) is 17.9 Å². The molecular weight excluding hydrogens is 319 g/mol. The summed E-state index contributed by atoms with van der Waals surface area (Å²) >= 11 is 5.74. The molecule has 5 nitrogen and oxygen atoms in total. The van der Waals surface area contributed by atoms with Gasteiger partial charge < -0.3 is 10.1 Å². The Morgan fingerprint density at radius 3 is 2.74 bits per heavy atom. The number of rotatable bonds is 5. The van der Waals surface area contributed by atoms with E-state index in [0.29, 0.717) is 11.7 Å². The Labute approximate surface area is 139 Å². The first-order valence-electron chi connectivity index (χ1n) is 7.74. The van der Waals surface area contributed by atoms with Gasteiger partial charge in [0.25, 0.3) is 0 Å². The normalized spacial score (nSPS) is 15.4. The zero-order chi connectivity index (χ0) is 16.1. The van der Waals surface area contributed by atoms with Gasteiger partial charge in [0.1, 0.15) is 11.3 Å². The van der Waals surface area contributed by atoms with Gasteiger partial charge in [-0.25, -0.2) is 14.4 Å². The van der Waals surface area contributed by atoms with Crippen molar-refractivity contribution in [2.45, 2.75) is 44.8 Å². The smallest absolute Gasteiger partial charge is 0.318 e. The zero-order valence-electron chi connectivity index (χ0n) is 12.6. The van der Waals surface area contributed by atoms with Crippen LogP contribution >= 0.6 is 11.6 Å². The highest BCUT2D eigenvalue weighted by molar-refractivity contribution is 6.29. The SMILES string of the molecule is Fc1cnc(OC2CCCCC2)nc1NCc1ccc(Cl)nc1. The molecular formula is C16H18ClFN4O. The van der Waals surface area contributed by atoms with Crippen molar-refractivity contribution in [3.05, 3.63) is 41.1 Å². The highest BCUT2D eigenvalue weighted by Crippen LogP contribution is 2.22. The molecule has 0 saturated heterocycles. The molecule has 0 atom stereocenters. The molecule has 3 rings (SSSR count). The van der Waals surface area contributed by atoms with Crippen molar-refractivity contribution < 1.29 is 9.13 Å². The summed E-state index contributed by atoms with van der Waals surface area (Å²) in [6.45, 7) is 0.390. The highest BCUT2D eigenvalue weighted by Gasteiger charge is 2.17. The van der Waals surface area contributed by atoms with Crippen LogP contribution < -0.4 is 10.1 Å². The number of nitrogens with zero attached hydrogens (tertiary/aromatic N) is 3. The minimum atomic E-state index is -0.511. The number of aromatic nitrogens is 3. The average Bonchev–Trinajstić information content (AvgIpc) is 2.58. The van der Waals surface area contributed by atoms with Crippen LogP contribution in [0.25, 0.3) is 0 Å². The molecule has 2 aromatic rings. The lowest BCUT2D eigenvalue weighted by molar-refractivity contribution is 0.141. The van der Waals surface area contributed by atoms with Crippen LogP contribution in [0.2, 0.25) is 5.15 Å².